The lowest BCUT2D eigenvalue weighted by Gasteiger charge is -2.29. The number of benzene rings is 1. The van der Waals surface area contributed by atoms with E-state index in [4.69, 9.17) is 15.9 Å². The van der Waals surface area contributed by atoms with Gasteiger partial charge in [0.05, 0.1) is 17.7 Å². The number of hydrogen-bond acceptors (Lipinski definition) is 7. The van der Waals surface area contributed by atoms with Gasteiger partial charge >= 0.3 is 12.4 Å². The van der Waals surface area contributed by atoms with Crippen molar-refractivity contribution in [2.75, 3.05) is 30.9 Å². The number of aromatic nitrogens is 1. The maximum Gasteiger partial charge on any atom is 0.416 e. The summed E-state index contributed by atoms with van der Waals surface area (Å²) in [4.78, 5) is 21.0. The van der Waals surface area contributed by atoms with E-state index < -0.39 is 30.0 Å². The van der Waals surface area contributed by atoms with Crippen LogP contribution in [-0.4, -0.2) is 48.1 Å². The molecule has 2 aliphatic carbocycles. The van der Waals surface area contributed by atoms with Crippen LogP contribution in [0.2, 0.25) is 0 Å². The van der Waals surface area contributed by atoms with Crippen LogP contribution in [0.15, 0.2) is 34.5 Å². The lowest BCUT2D eigenvalue weighted by molar-refractivity contribution is -0.143. The highest BCUT2D eigenvalue weighted by molar-refractivity contribution is 6.02. The molecule has 238 valence electrons. The number of anilines is 2. The van der Waals surface area contributed by atoms with Crippen LogP contribution in [-0.2, 0) is 30.2 Å². The molecule has 1 aromatic heterocycles. The van der Waals surface area contributed by atoms with Crippen molar-refractivity contribution in [3.63, 3.8) is 0 Å². The number of nitrogens with one attached hydrogen (secondary N) is 4. The Bertz CT molecular complexity index is 1420. The Morgan fingerprint density at radius 2 is 1.61 bits per heavy atom. The molecule has 0 bridgehead atoms. The minimum atomic E-state index is -5.05. The first-order valence-electron chi connectivity index (χ1n) is 13.9. The van der Waals surface area contributed by atoms with E-state index in [9.17, 15) is 31.1 Å². The standard InChI is InChI=1S/C28H33F6N9O/c1-15(35)22-10-19(24(39-23(22)37-2)43(13-16-4-5-16)25(44)18-6-7-18)14-42(26(40-36)41-38-3)12-17-8-20(27(29,30)31)11-21(9-17)28(32,33)34/h8-11,16,18,35-36,38H,4-7,12-14H2,1-3H3,(H,37,39)/b35-15?,40-36?,41-26+. The fourth-order valence-corrected chi connectivity index (χ4v) is 4.76. The molecule has 4 N–H and O–H groups in total. The first kappa shape index (κ1) is 32.7. The maximum atomic E-state index is 13.6. The van der Waals surface area contributed by atoms with Crippen LogP contribution in [0.4, 0.5) is 38.0 Å². The van der Waals surface area contributed by atoms with E-state index in [1.807, 2.05) is 0 Å². The average Bonchev–Trinajstić information content (AvgIpc) is 3.88. The molecule has 0 spiro atoms. The van der Waals surface area contributed by atoms with Gasteiger partial charge in [-0.05, 0) is 68.4 Å². The zero-order valence-corrected chi connectivity index (χ0v) is 24.3. The second-order valence-corrected chi connectivity index (χ2v) is 10.9. The van der Waals surface area contributed by atoms with E-state index in [1.54, 1.807) is 18.0 Å². The van der Waals surface area contributed by atoms with E-state index in [0.29, 0.717) is 35.6 Å². The number of alkyl halides is 6. The molecule has 0 radical (unpaired) electrons. The second kappa shape index (κ2) is 12.8. The fourth-order valence-electron chi connectivity index (χ4n) is 4.76. The smallest absolute Gasteiger partial charge is 0.373 e. The molecule has 16 heteroatoms. The van der Waals surface area contributed by atoms with Crippen LogP contribution in [0.25, 0.3) is 0 Å². The summed E-state index contributed by atoms with van der Waals surface area (Å²) < 4.78 is 81.7. The number of amides is 1. The lowest BCUT2D eigenvalue weighted by Crippen LogP contribution is -2.37. The summed E-state index contributed by atoms with van der Waals surface area (Å²) in [5.41, 5.74) is 7.68. The summed E-state index contributed by atoms with van der Waals surface area (Å²) in [7, 11) is 3.01. The number of nitrogens with zero attached hydrogens (tertiary/aromatic N) is 5. The Morgan fingerprint density at radius 3 is 2.07 bits per heavy atom. The van der Waals surface area contributed by atoms with Crippen LogP contribution in [0, 0.1) is 22.8 Å². The molecule has 0 atom stereocenters. The van der Waals surface area contributed by atoms with Crippen molar-refractivity contribution in [1.29, 1.82) is 10.9 Å². The maximum absolute atomic E-state index is 13.6. The van der Waals surface area contributed by atoms with Crippen molar-refractivity contribution in [2.45, 2.75) is 58.0 Å². The van der Waals surface area contributed by atoms with Crippen molar-refractivity contribution in [3.8, 4) is 0 Å². The zero-order valence-electron chi connectivity index (χ0n) is 24.3. The highest BCUT2D eigenvalue weighted by Gasteiger charge is 2.39. The van der Waals surface area contributed by atoms with Gasteiger partial charge in [-0.1, -0.05) is 0 Å². The predicted octanol–water partition coefficient (Wildman–Crippen LogP) is 6.23. The molecule has 2 aromatic rings. The Labute approximate surface area is 249 Å². The summed E-state index contributed by atoms with van der Waals surface area (Å²) in [6.07, 6.45) is -6.78. The Morgan fingerprint density at radius 1 is 1.00 bits per heavy atom. The predicted molar refractivity (Wildman–Crippen MR) is 151 cm³/mol. The number of carbonyl (C=O) groups is 1. The zero-order chi connectivity index (χ0) is 32.4. The number of hydrogen-bond donors (Lipinski definition) is 4. The van der Waals surface area contributed by atoms with Gasteiger partial charge in [0, 0.05) is 49.9 Å². The third kappa shape index (κ3) is 7.82. The average molecular weight is 626 g/mol. The van der Waals surface area contributed by atoms with Crippen LogP contribution < -0.4 is 15.6 Å². The molecule has 2 saturated carbocycles. The van der Waals surface area contributed by atoms with Gasteiger partial charge in [0.2, 0.25) is 5.91 Å². The first-order valence-corrected chi connectivity index (χ1v) is 13.9. The van der Waals surface area contributed by atoms with Crippen molar-refractivity contribution in [3.05, 3.63) is 52.1 Å². The summed E-state index contributed by atoms with van der Waals surface area (Å²) in [5.74, 6) is 0.215. The fraction of sp³-hybridized carbons (Fsp3) is 0.500. The molecule has 2 fully saturated rings. The lowest BCUT2D eigenvalue weighted by atomic mass is 10.0. The molecule has 44 heavy (non-hydrogen) atoms. The van der Waals surface area contributed by atoms with E-state index in [-0.39, 0.29) is 53.4 Å². The number of pyridine rings is 1. The number of halogens is 6. The SMILES string of the molecule is CN/N=C(\N=N)N(Cc1cc(C(F)(F)F)cc(C(F)(F)F)c1)Cc1cc(C(C)=N)c(NC)nc1N(CC1CC1)C(=O)C1CC1. The van der Waals surface area contributed by atoms with Crippen molar-refractivity contribution in [1.82, 2.24) is 15.3 Å². The minimum Gasteiger partial charge on any atom is -0.373 e. The Balaban J connectivity index is 1.86. The van der Waals surface area contributed by atoms with Crippen molar-refractivity contribution >= 4 is 29.2 Å². The third-order valence-electron chi connectivity index (χ3n) is 7.28. The third-order valence-corrected chi connectivity index (χ3v) is 7.28. The van der Waals surface area contributed by atoms with E-state index in [0.717, 1.165) is 25.7 Å². The van der Waals surface area contributed by atoms with E-state index >= 15 is 0 Å². The number of rotatable bonds is 11. The van der Waals surface area contributed by atoms with Crippen molar-refractivity contribution in [2.24, 2.45) is 22.1 Å². The van der Waals surface area contributed by atoms with Gasteiger partial charge in [0.1, 0.15) is 11.6 Å². The first-order chi connectivity index (χ1) is 20.7. The summed E-state index contributed by atoms with van der Waals surface area (Å²) in [6, 6.07) is 2.87. The van der Waals surface area contributed by atoms with E-state index in [2.05, 4.69) is 21.0 Å². The highest BCUT2D eigenvalue weighted by atomic mass is 19.4. The molecular weight excluding hydrogens is 592 g/mol. The van der Waals surface area contributed by atoms with Crippen LogP contribution in [0.5, 0.6) is 0 Å². The van der Waals surface area contributed by atoms with Gasteiger partial charge in [-0.25, -0.2) is 10.5 Å². The molecule has 2 aliphatic rings. The molecule has 1 amide bonds. The summed E-state index contributed by atoms with van der Waals surface area (Å²) in [6.45, 7) is 1.11. The number of carbonyl (C=O) groups excluding carboxylic acids is 1. The number of guanidine groups is 1. The summed E-state index contributed by atoms with van der Waals surface area (Å²) in [5, 5.41) is 18.5. The molecule has 0 saturated heterocycles. The topological polar surface area (TPSA) is 133 Å². The van der Waals surface area contributed by atoms with E-state index in [1.165, 1.54) is 18.9 Å². The Hall–Kier alpha value is -4.24. The molecular formula is C28H33F6N9O. The van der Waals surface area contributed by atoms with Gasteiger partial charge in [-0.2, -0.15) is 26.3 Å². The molecule has 1 heterocycles. The normalized spacial score (nSPS) is 15.5. The summed E-state index contributed by atoms with van der Waals surface area (Å²) >= 11 is 0. The Kier molecular flexibility index (Phi) is 9.49. The highest BCUT2D eigenvalue weighted by Crippen LogP contribution is 2.39. The minimum absolute atomic E-state index is 0.0438. The molecule has 1 aromatic carbocycles. The van der Waals surface area contributed by atoms with Crippen LogP contribution in [0.1, 0.15) is 60.4 Å². The monoisotopic (exact) mass is 625 g/mol. The van der Waals surface area contributed by atoms with Gasteiger partial charge < -0.3 is 21.1 Å². The largest absolute Gasteiger partial charge is 0.416 e. The van der Waals surface area contributed by atoms with Gasteiger partial charge in [0.25, 0.3) is 5.96 Å². The quantitative estimate of drug-likeness (QED) is 0.0773. The van der Waals surface area contributed by atoms with Gasteiger partial charge in [-0.3, -0.25) is 9.69 Å². The second-order valence-electron chi connectivity index (χ2n) is 10.9. The molecule has 10 nitrogen and oxygen atoms in total. The van der Waals surface area contributed by atoms with Crippen LogP contribution >= 0.6 is 0 Å². The van der Waals surface area contributed by atoms with Crippen LogP contribution in [0.3, 0.4) is 0 Å². The molecule has 4 rings (SSSR count). The van der Waals surface area contributed by atoms with Gasteiger partial charge in [0.15, 0.2) is 0 Å². The molecule has 0 aliphatic heterocycles. The van der Waals surface area contributed by atoms with Gasteiger partial charge in [-0.15, -0.1) is 10.2 Å². The van der Waals surface area contributed by atoms with Crippen molar-refractivity contribution < 1.29 is 31.1 Å². The molecule has 0 unspecified atom stereocenters. The number of hydrazone groups is 1.